The first-order valence-corrected chi connectivity index (χ1v) is 9.94. The summed E-state index contributed by atoms with van der Waals surface area (Å²) in [5, 5.41) is 6.42. The van der Waals surface area contributed by atoms with Gasteiger partial charge in [0.25, 0.3) is 0 Å². The molecule has 112 valence electrons. The summed E-state index contributed by atoms with van der Waals surface area (Å²) in [4.78, 5) is 0. The van der Waals surface area contributed by atoms with Gasteiger partial charge in [0.1, 0.15) is 0 Å². The Kier molecular flexibility index (Phi) is 6.89. The van der Waals surface area contributed by atoms with Crippen LogP contribution in [-0.4, -0.2) is 28.6 Å². The molecule has 0 aliphatic carbocycles. The van der Waals surface area contributed by atoms with Gasteiger partial charge in [-0.25, -0.2) is 0 Å². The van der Waals surface area contributed by atoms with Crippen LogP contribution in [0.2, 0.25) is 10.0 Å². The lowest BCUT2D eigenvalue weighted by atomic mass is 10.00. The smallest absolute Gasteiger partial charge is 0.0466 e. The SMILES string of the molecule is CCNC(c1cc(Cl)ccc1Cl)C1SCCSC1CC. The van der Waals surface area contributed by atoms with E-state index in [-0.39, 0.29) is 6.04 Å². The van der Waals surface area contributed by atoms with Gasteiger partial charge in [-0.05, 0) is 36.7 Å². The number of hydrogen-bond donors (Lipinski definition) is 1. The van der Waals surface area contributed by atoms with Gasteiger partial charge < -0.3 is 5.32 Å². The van der Waals surface area contributed by atoms with E-state index in [1.165, 1.54) is 17.9 Å². The molecule has 1 aliphatic rings. The largest absolute Gasteiger partial charge is 0.309 e. The molecule has 0 saturated carbocycles. The van der Waals surface area contributed by atoms with Crippen molar-refractivity contribution in [3.8, 4) is 0 Å². The Balaban J connectivity index is 2.31. The van der Waals surface area contributed by atoms with E-state index < -0.39 is 0 Å². The van der Waals surface area contributed by atoms with Crippen LogP contribution in [0, 0.1) is 0 Å². The van der Waals surface area contributed by atoms with Gasteiger partial charge in [-0.3, -0.25) is 0 Å². The second kappa shape index (κ2) is 8.19. The van der Waals surface area contributed by atoms with Crippen LogP contribution in [0.4, 0.5) is 0 Å². The van der Waals surface area contributed by atoms with Gasteiger partial charge in [0, 0.05) is 38.1 Å². The Morgan fingerprint density at radius 1 is 1.25 bits per heavy atom. The molecule has 3 atom stereocenters. The number of benzene rings is 1. The maximum atomic E-state index is 6.42. The number of thioether (sulfide) groups is 2. The Bertz CT molecular complexity index is 442. The molecule has 20 heavy (non-hydrogen) atoms. The first-order chi connectivity index (χ1) is 9.67. The quantitative estimate of drug-likeness (QED) is 0.777. The lowest BCUT2D eigenvalue weighted by Crippen LogP contribution is -2.38. The van der Waals surface area contributed by atoms with E-state index in [9.17, 15) is 0 Å². The van der Waals surface area contributed by atoms with Crippen LogP contribution < -0.4 is 5.32 Å². The van der Waals surface area contributed by atoms with Crippen molar-refractivity contribution < 1.29 is 0 Å². The molecule has 1 aromatic carbocycles. The zero-order valence-electron chi connectivity index (χ0n) is 11.9. The number of rotatable bonds is 5. The fourth-order valence-corrected chi connectivity index (χ4v) is 6.28. The topological polar surface area (TPSA) is 12.0 Å². The predicted octanol–water partition coefficient (Wildman–Crippen LogP) is 5.27. The van der Waals surface area contributed by atoms with Crippen molar-refractivity contribution in [2.45, 2.75) is 36.8 Å². The van der Waals surface area contributed by atoms with Crippen molar-refractivity contribution in [1.82, 2.24) is 5.32 Å². The average Bonchev–Trinajstić information content (AvgIpc) is 2.47. The van der Waals surface area contributed by atoms with E-state index in [1.54, 1.807) is 0 Å². The van der Waals surface area contributed by atoms with Crippen LogP contribution >= 0.6 is 46.7 Å². The second-order valence-corrected chi connectivity index (χ2v) is 8.33. The molecule has 0 aromatic heterocycles. The highest BCUT2D eigenvalue weighted by Gasteiger charge is 2.33. The van der Waals surface area contributed by atoms with Crippen LogP contribution in [-0.2, 0) is 0 Å². The van der Waals surface area contributed by atoms with E-state index >= 15 is 0 Å². The van der Waals surface area contributed by atoms with E-state index in [0.29, 0.717) is 10.5 Å². The number of hydrogen-bond acceptors (Lipinski definition) is 3. The molecule has 3 unspecified atom stereocenters. The minimum Gasteiger partial charge on any atom is -0.309 e. The third-order valence-corrected chi connectivity index (χ3v) is 7.47. The summed E-state index contributed by atoms with van der Waals surface area (Å²) in [6, 6.07) is 6.06. The van der Waals surface area contributed by atoms with Crippen LogP contribution in [0.15, 0.2) is 18.2 Å². The van der Waals surface area contributed by atoms with Crippen molar-refractivity contribution in [1.29, 1.82) is 0 Å². The lowest BCUT2D eigenvalue weighted by molar-refractivity contribution is 0.513. The van der Waals surface area contributed by atoms with Crippen molar-refractivity contribution in [2.75, 3.05) is 18.1 Å². The van der Waals surface area contributed by atoms with Gasteiger partial charge in [0.2, 0.25) is 0 Å². The number of halogens is 2. The summed E-state index contributed by atoms with van der Waals surface area (Å²) in [5.41, 5.74) is 1.14. The van der Waals surface area contributed by atoms with Gasteiger partial charge in [0.15, 0.2) is 0 Å². The van der Waals surface area contributed by atoms with Crippen LogP contribution in [0.1, 0.15) is 31.9 Å². The number of nitrogens with one attached hydrogen (secondary N) is 1. The Labute approximate surface area is 140 Å². The molecule has 1 saturated heterocycles. The van der Waals surface area contributed by atoms with E-state index in [4.69, 9.17) is 23.2 Å². The molecule has 0 spiro atoms. The van der Waals surface area contributed by atoms with Crippen LogP contribution in [0.5, 0.6) is 0 Å². The molecule has 0 radical (unpaired) electrons. The Morgan fingerprint density at radius 2 is 2.00 bits per heavy atom. The third kappa shape index (κ3) is 4.01. The van der Waals surface area contributed by atoms with E-state index in [1.807, 2.05) is 18.2 Å². The summed E-state index contributed by atoms with van der Waals surface area (Å²) in [6.45, 7) is 5.36. The van der Waals surface area contributed by atoms with Gasteiger partial charge in [-0.2, -0.15) is 23.5 Å². The van der Waals surface area contributed by atoms with Gasteiger partial charge in [-0.1, -0.05) is 37.0 Å². The first kappa shape index (κ1) is 16.8. The highest BCUT2D eigenvalue weighted by atomic mass is 35.5. The molecule has 1 aromatic rings. The summed E-state index contributed by atoms with van der Waals surface area (Å²) >= 11 is 16.8. The van der Waals surface area contributed by atoms with E-state index in [2.05, 4.69) is 42.7 Å². The zero-order valence-corrected chi connectivity index (χ0v) is 15.0. The highest BCUT2D eigenvalue weighted by Crippen LogP contribution is 2.42. The van der Waals surface area contributed by atoms with E-state index in [0.717, 1.165) is 22.2 Å². The van der Waals surface area contributed by atoms with Crippen molar-refractivity contribution >= 4 is 46.7 Å². The van der Waals surface area contributed by atoms with Crippen molar-refractivity contribution in [2.24, 2.45) is 0 Å². The fourth-order valence-electron chi connectivity index (χ4n) is 2.62. The lowest BCUT2D eigenvalue weighted by Gasteiger charge is -2.37. The molecule has 5 heteroatoms. The Morgan fingerprint density at radius 3 is 2.70 bits per heavy atom. The van der Waals surface area contributed by atoms with Gasteiger partial charge in [0.05, 0.1) is 0 Å². The molecule has 0 bridgehead atoms. The van der Waals surface area contributed by atoms with Crippen molar-refractivity contribution in [3.63, 3.8) is 0 Å². The maximum Gasteiger partial charge on any atom is 0.0466 e. The zero-order chi connectivity index (χ0) is 14.5. The summed E-state index contributed by atoms with van der Waals surface area (Å²) in [7, 11) is 0. The first-order valence-electron chi connectivity index (χ1n) is 7.08. The van der Waals surface area contributed by atoms with Crippen molar-refractivity contribution in [3.05, 3.63) is 33.8 Å². The monoisotopic (exact) mass is 349 g/mol. The Hall–Kier alpha value is 0.460. The standard InChI is InChI=1S/C15H21Cl2NS2/c1-3-13-15(20-8-7-19-13)14(18-4-2)11-9-10(16)5-6-12(11)17/h5-6,9,13-15,18H,3-4,7-8H2,1-2H3. The molecular formula is C15H21Cl2NS2. The summed E-state index contributed by atoms with van der Waals surface area (Å²) in [5.74, 6) is 2.47. The van der Waals surface area contributed by atoms with Gasteiger partial charge >= 0.3 is 0 Å². The van der Waals surface area contributed by atoms with Crippen LogP contribution in [0.3, 0.4) is 0 Å². The molecule has 1 N–H and O–H groups in total. The summed E-state index contributed by atoms with van der Waals surface area (Å²) < 4.78 is 0. The minimum absolute atomic E-state index is 0.272. The molecule has 2 rings (SSSR count). The summed E-state index contributed by atoms with van der Waals surface area (Å²) in [6.07, 6.45) is 1.20. The molecule has 1 nitrogen and oxygen atoms in total. The molecular weight excluding hydrogens is 329 g/mol. The average molecular weight is 350 g/mol. The molecule has 1 heterocycles. The third-order valence-electron chi connectivity index (χ3n) is 3.54. The second-order valence-electron chi connectivity index (χ2n) is 4.85. The van der Waals surface area contributed by atoms with Crippen LogP contribution in [0.25, 0.3) is 0 Å². The highest BCUT2D eigenvalue weighted by molar-refractivity contribution is 8.07. The fraction of sp³-hybridized carbons (Fsp3) is 0.600. The maximum absolute atomic E-state index is 6.42. The minimum atomic E-state index is 0.272. The van der Waals surface area contributed by atoms with Gasteiger partial charge in [-0.15, -0.1) is 0 Å². The molecule has 0 amide bonds. The predicted molar refractivity (Wildman–Crippen MR) is 95.7 cm³/mol. The molecule has 1 fully saturated rings. The molecule has 1 aliphatic heterocycles. The normalized spacial score (nSPS) is 24.6.